The Morgan fingerprint density at radius 3 is 2.88 bits per heavy atom. The van der Waals surface area contributed by atoms with Gasteiger partial charge in [0.05, 0.1) is 29.7 Å². The molecule has 1 unspecified atom stereocenters. The Hall–Kier alpha value is -0.680. The highest BCUT2D eigenvalue weighted by Gasteiger charge is 2.12. The Bertz CT molecular complexity index is 473. The third kappa shape index (κ3) is 2.71. The first-order valence-corrected chi connectivity index (χ1v) is 6.12. The lowest BCUT2D eigenvalue weighted by Crippen LogP contribution is -2.13. The zero-order chi connectivity index (χ0) is 11.5. The lowest BCUT2D eigenvalue weighted by molar-refractivity contribution is 0.704. The van der Waals surface area contributed by atoms with Crippen molar-refractivity contribution in [3.05, 3.63) is 45.7 Å². The second-order valence-electron chi connectivity index (χ2n) is 3.38. The highest BCUT2D eigenvalue weighted by atomic mass is 35.5. The molecule has 6 heteroatoms. The number of rotatable bonds is 3. The van der Waals surface area contributed by atoms with Gasteiger partial charge in [-0.3, -0.25) is 0 Å². The van der Waals surface area contributed by atoms with E-state index in [1.165, 1.54) is 0 Å². The Kier molecular flexibility index (Phi) is 3.76. The van der Waals surface area contributed by atoms with Gasteiger partial charge in [0.25, 0.3) is 0 Å². The van der Waals surface area contributed by atoms with Crippen LogP contribution in [0, 0.1) is 0 Å². The highest BCUT2D eigenvalue weighted by Crippen LogP contribution is 2.24. The number of nitrogens with two attached hydrogens (primary N) is 1. The van der Waals surface area contributed by atoms with Crippen molar-refractivity contribution in [2.24, 2.45) is 5.73 Å². The van der Waals surface area contributed by atoms with E-state index in [9.17, 15) is 0 Å². The van der Waals surface area contributed by atoms with Gasteiger partial charge in [-0.05, 0) is 30.2 Å². The number of nitrogens with zero attached hydrogens (tertiary/aromatic N) is 2. The van der Waals surface area contributed by atoms with Crippen molar-refractivity contribution in [1.82, 2.24) is 8.75 Å². The summed E-state index contributed by atoms with van der Waals surface area (Å²) < 4.78 is 8.01. The minimum atomic E-state index is -0.199. The molecule has 0 aliphatic carbocycles. The summed E-state index contributed by atoms with van der Waals surface area (Å²) in [6.45, 7) is 0. The van der Waals surface area contributed by atoms with Gasteiger partial charge < -0.3 is 5.73 Å². The summed E-state index contributed by atoms with van der Waals surface area (Å²) in [5, 5.41) is 1.33. The molecule has 0 spiro atoms. The van der Waals surface area contributed by atoms with Crippen LogP contribution >= 0.6 is 34.9 Å². The monoisotopic (exact) mass is 273 g/mol. The summed E-state index contributed by atoms with van der Waals surface area (Å²) in [6, 6.07) is 5.15. The van der Waals surface area contributed by atoms with E-state index in [-0.39, 0.29) is 6.04 Å². The predicted molar refractivity (Wildman–Crippen MR) is 67.0 cm³/mol. The van der Waals surface area contributed by atoms with Crippen LogP contribution in [0.5, 0.6) is 0 Å². The summed E-state index contributed by atoms with van der Waals surface area (Å²) in [4.78, 5) is 0. The van der Waals surface area contributed by atoms with E-state index in [4.69, 9.17) is 28.9 Å². The standard InChI is InChI=1S/C10H9Cl2N3S/c11-7-1-2-8(12)6(3-7)4-9(13)10-5-14-16-15-10/h1-3,5,9H,4,13H2. The normalized spacial score (nSPS) is 12.7. The second kappa shape index (κ2) is 5.10. The molecular weight excluding hydrogens is 265 g/mol. The van der Waals surface area contributed by atoms with E-state index >= 15 is 0 Å². The molecule has 0 aliphatic rings. The highest BCUT2D eigenvalue weighted by molar-refractivity contribution is 6.99. The first-order chi connectivity index (χ1) is 7.66. The van der Waals surface area contributed by atoms with Crippen LogP contribution < -0.4 is 5.73 Å². The molecule has 3 nitrogen and oxygen atoms in total. The Morgan fingerprint density at radius 1 is 1.38 bits per heavy atom. The van der Waals surface area contributed by atoms with Gasteiger partial charge in [-0.2, -0.15) is 8.75 Å². The SMILES string of the molecule is NC(Cc1cc(Cl)ccc1Cl)c1cnsn1. The van der Waals surface area contributed by atoms with Crippen molar-refractivity contribution in [3.8, 4) is 0 Å². The fourth-order valence-electron chi connectivity index (χ4n) is 1.38. The first-order valence-electron chi connectivity index (χ1n) is 4.64. The summed E-state index contributed by atoms with van der Waals surface area (Å²) in [6.07, 6.45) is 2.28. The maximum absolute atomic E-state index is 6.05. The lowest BCUT2D eigenvalue weighted by atomic mass is 10.0. The van der Waals surface area contributed by atoms with E-state index in [0.717, 1.165) is 23.0 Å². The third-order valence-electron chi connectivity index (χ3n) is 2.21. The molecule has 1 aromatic carbocycles. The van der Waals surface area contributed by atoms with Crippen LogP contribution in [-0.2, 0) is 6.42 Å². The largest absolute Gasteiger partial charge is 0.322 e. The number of hydrogen-bond acceptors (Lipinski definition) is 4. The predicted octanol–water partition coefficient (Wildman–Crippen LogP) is 3.09. The van der Waals surface area contributed by atoms with Crippen LogP contribution in [0.4, 0.5) is 0 Å². The van der Waals surface area contributed by atoms with Gasteiger partial charge in [-0.15, -0.1) is 0 Å². The molecule has 0 fully saturated rings. The Balaban J connectivity index is 2.17. The summed E-state index contributed by atoms with van der Waals surface area (Å²) in [7, 11) is 0. The van der Waals surface area contributed by atoms with Crippen LogP contribution in [0.3, 0.4) is 0 Å². The van der Waals surface area contributed by atoms with Crippen molar-refractivity contribution in [3.63, 3.8) is 0 Å². The van der Waals surface area contributed by atoms with Crippen molar-refractivity contribution in [1.29, 1.82) is 0 Å². The van der Waals surface area contributed by atoms with E-state index in [1.54, 1.807) is 18.3 Å². The molecule has 0 saturated carbocycles. The molecule has 2 N–H and O–H groups in total. The minimum Gasteiger partial charge on any atom is -0.322 e. The number of aromatic nitrogens is 2. The van der Waals surface area contributed by atoms with E-state index in [2.05, 4.69) is 8.75 Å². The van der Waals surface area contributed by atoms with Crippen molar-refractivity contribution in [2.75, 3.05) is 0 Å². The van der Waals surface area contributed by atoms with Crippen LogP contribution in [-0.4, -0.2) is 8.75 Å². The zero-order valence-electron chi connectivity index (χ0n) is 8.23. The van der Waals surface area contributed by atoms with E-state index in [1.807, 2.05) is 6.07 Å². The van der Waals surface area contributed by atoms with E-state index in [0.29, 0.717) is 16.5 Å². The molecule has 1 atom stereocenters. The van der Waals surface area contributed by atoms with Gasteiger partial charge >= 0.3 is 0 Å². The fourth-order valence-corrected chi connectivity index (χ4v) is 2.25. The lowest BCUT2D eigenvalue weighted by Gasteiger charge is -2.10. The summed E-state index contributed by atoms with van der Waals surface area (Å²) in [5.41, 5.74) is 7.70. The smallest absolute Gasteiger partial charge is 0.0913 e. The molecule has 2 rings (SSSR count). The van der Waals surface area contributed by atoms with Gasteiger partial charge in [0, 0.05) is 10.0 Å². The average Bonchev–Trinajstić information content (AvgIpc) is 2.76. The van der Waals surface area contributed by atoms with Gasteiger partial charge in [-0.1, -0.05) is 23.2 Å². The summed E-state index contributed by atoms with van der Waals surface area (Å²) >= 11 is 13.1. The number of hydrogen-bond donors (Lipinski definition) is 1. The van der Waals surface area contributed by atoms with Crippen LogP contribution in [0.25, 0.3) is 0 Å². The average molecular weight is 274 g/mol. The Morgan fingerprint density at radius 2 is 2.19 bits per heavy atom. The molecule has 0 amide bonds. The maximum Gasteiger partial charge on any atom is 0.0913 e. The molecule has 16 heavy (non-hydrogen) atoms. The molecular formula is C10H9Cl2N3S. The molecule has 0 aliphatic heterocycles. The second-order valence-corrected chi connectivity index (χ2v) is 4.78. The summed E-state index contributed by atoms with van der Waals surface area (Å²) in [5.74, 6) is 0. The Labute approximate surface area is 108 Å². The van der Waals surface area contributed by atoms with Gasteiger partial charge in [-0.25, -0.2) is 0 Å². The van der Waals surface area contributed by atoms with Crippen molar-refractivity contribution < 1.29 is 0 Å². The first kappa shape index (κ1) is 11.8. The van der Waals surface area contributed by atoms with Gasteiger partial charge in [0.1, 0.15) is 0 Å². The van der Waals surface area contributed by atoms with Crippen LogP contribution in [0.2, 0.25) is 10.0 Å². The molecule has 1 heterocycles. The maximum atomic E-state index is 6.05. The molecule has 0 saturated heterocycles. The molecule has 1 aromatic heterocycles. The number of halogens is 2. The zero-order valence-corrected chi connectivity index (χ0v) is 10.6. The van der Waals surface area contributed by atoms with Crippen LogP contribution in [0.1, 0.15) is 17.3 Å². The quantitative estimate of drug-likeness (QED) is 0.935. The number of benzene rings is 1. The van der Waals surface area contributed by atoms with Crippen molar-refractivity contribution >= 4 is 34.9 Å². The minimum absolute atomic E-state index is 0.199. The van der Waals surface area contributed by atoms with Crippen molar-refractivity contribution in [2.45, 2.75) is 12.5 Å². The third-order valence-corrected chi connectivity index (χ3v) is 3.30. The van der Waals surface area contributed by atoms with E-state index < -0.39 is 0 Å². The molecule has 2 aromatic rings. The van der Waals surface area contributed by atoms with Gasteiger partial charge in [0.2, 0.25) is 0 Å². The van der Waals surface area contributed by atoms with Gasteiger partial charge in [0.15, 0.2) is 0 Å². The molecule has 84 valence electrons. The fraction of sp³-hybridized carbons (Fsp3) is 0.200. The topological polar surface area (TPSA) is 51.8 Å². The molecule has 0 bridgehead atoms. The van der Waals surface area contributed by atoms with Crippen LogP contribution in [0.15, 0.2) is 24.4 Å². The molecule has 0 radical (unpaired) electrons.